The van der Waals surface area contributed by atoms with Crippen molar-refractivity contribution in [3.05, 3.63) is 63.1 Å². The predicted molar refractivity (Wildman–Crippen MR) is 102 cm³/mol. The summed E-state index contributed by atoms with van der Waals surface area (Å²) in [5.74, 6) is 1.56. The summed E-state index contributed by atoms with van der Waals surface area (Å²) in [6, 6.07) is 13.3. The molecule has 1 aromatic heterocycles. The molecule has 0 unspecified atom stereocenters. The van der Waals surface area contributed by atoms with Crippen LogP contribution in [0.1, 0.15) is 12.5 Å². The van der Waals surface area contributed by atoms with Crippen LogP contribution in [0.5, 0.6) is 0 Å². The second kappa shape index (κ2) is 7.79. The van der Waals surface area contributed by atoms with Crippen LogP contribution in [0.15, 0.2) is 47.6 Å². The summed E-state index contributed by atoms with van der Waals surface area (Å²) in [4.78, 5) is 0. The normalized spacial score (nSPS) is 11.0. The lowest BCUT2D eigenvalue weighted by molar-refractivity contribution is 0.687. The van der Waals surface area contributed by atoms with Crippen molar-refractivity contribution < 1.29 is 0 Å². The van der Waals surface area contributed by atoms with Crippen LogP contribution >= 0.6 is 46.6 Å². The number of hydrogen-bond acceptors (Lipinski definition) is 3. The maximum absolute atomic E-state index is 6.11. The fourth-order valence-corrected chi connectivity index (χ4v) is 3.76. The number of aromatic nitrogens is 3. The van der Waals surface area contributed by atoms with Crippen molar-refractivity contribution in [2.24, 2.45) is 0 Å². The summed E-state index contributed by atoms with van der Waals surface area (Å²) in [5, 5.41) is 11.3. The highest BCUT2D eigenvalue weighted by molar-refractivity contribution is 7.98. The Morgan fingerprint density at radius 1 is 1.00 bits per heavy atom. The van der Waals surface area contributed by atoms with E-state index in [9.17, 15) is 0 Å². The number of benzene rings is 2. The summed E-state index contributed by atoms with van der Waals surface area (Å²) in [5.41, 5.74) is 2.04. The molecule has 3 nitrogen and oxygen atoms in total. The van der Waals surface area contributed by atoms with Gasteiger partial charge in [0.1, 0.15) is 0 Å². The van der Waals surface area contributed by atoms with E-state index in [1.54, 1.807) is 17.8 Å². The van der Waals surface area contributed by atoms with Gasteiger partial charge < -0.3 is 4.57 Å². The summed E-state index contributed by atoms with van der Waals surface area (Å²) < 4.78 is 2.06. The van der Waals surface area contributed by atoms with Gasteiger partial charge in [0.25, 0.3) is 0 Å². The average molecular weight is 399 g/mol. The number of rotatable bonds is 5. The molecule has 0 radical (unpaired) electrons. The Morgan fingerprint density at radius 3 is 2.54 bits per heavy atom. The van der Waals surface area contributed by atoms with Gasteiger partial charge in [-0.25, -0.2) is 0 Å². The maximum Gasteiger partial charge on any atom is 0.191 e. The second-order valence-corrected chi connectivity index (χ2v) is 7.29. The molecule has 0 bridgehead atoms. The molecule has 24 heavy (non-hydrogen) atoms. The molecule has 7 heteroatoms. The third kappa shape index (κ3) is 3.89. The summed E-state index contributed by atoms with van der Waals surface area (Å²) in [7, 11) is 0. The van der Waals surface area contributed by atoms with Crippen molar-refractivity contribution in [3.63, 3.8) is 0 Å². The molecule has 0 aliphatic carbocycles. The highest BCUT2D eigenvalue weighted by Crippen LogP contribution is 2.30. The first-order chi connectivity index (χ1) is 11.6. The minimum absolute atomic E-state index is 0.507. The van der Waals surface area contributed by atoms with Crippen LogP contribution in [0.25, 0.3) is 11.4 Å². The van der Waals surface area contributed by atoms with Gasteiger partial charge in [-0.2, -0.15) is 0 Å². The van der Waals surface area contributed by atoms with Gasteiger partial charge in [0.05, 0.1) is 10.0 Å². The Kier molecular flexibility index (Phi) is 5.72. The Morgan fingerprint density at radius 2 is 1.83 bits per heavy atom. The van der Waals surface area contributed by atoms with Gasteiger partial charge in [0.2, 0.25) is 0 Å². The molecule has 0 spiro atoms. The monoisotopic (exact) mass is 397 g/mol. The van der Waals surface area contributed by atoms with Crippen LogP contribution in [0.2, 0.25) is 15.1 Å². The molecule has 0 saturated heterocycles. The molecule has 0 atom stereocenters. The van der Waals surface area contributed by atoms with Crippen LogP contribution in [0, 0.1) is 0 Å². The van der Waals surface area contributed by atoms with Crippen molar-refractivity contribution in [1.82, 2.24) is 14.8 Å². The van der Waals surface area contributed by atoms with E-state index >= 15 is 0 Å². The topological polar surface area (TPSA) is 30.7 Å². The lowest BCUT2D eigenvalue weighted by Crippen LogP contribution is -2.00. The SMILES string of the molecule is CCn1c(SCc2cccc(Cl)c2)nnc1-c1ccc(Cl)c(Cl)c1. The standard InChI is InChI=1S/C17H14Cl3N3S/c1-2-23-16(12-6-7-14(19)15(20)9-12)21-22-17(23)24-10-11-4-3-5-13(18)8-11/h3-9H,2,10H2,1H3. The molecule has 0 amide bonds. The fourth-order valence-electron chi connectivity index (χ4n) is 2.30. The third-order valence-electron chi connectivity index (χ3n) is 3.47. The molecule has 3 aromatic rings. The Labute approximate surface area is 160 Å². The van der Waals surface area contributed by atoms with Crippen LogP contribution in [0.3, 0.4) is 0 Å². The zero-order valence-corrected chi connectivity index (χ0v) is 15.9. The van der Waals surface area contributed by atoms with E-state index in [0.29, 0.717) is 10.0 Å². The van der Waals surface area contributed by atoms with Crippen LogP contribution in [-0.4, -0.2) is 14.8 Å². The largest absolute Gasteiger partial charge is 0.302 e. The van der Waals surface area contributed by atoms with Gasteiger partial charge in [-0.1, -0.05) is 58.7 Å². The Balaban J connectivity index is 1.85. The van der Waals surface area contributed by atoms with Crippen LogP contribution in [-0.2, 0) is 12.3 Å². The third-order valence-corrected chi connectivity index (χ3v) is 5.48. The minimum Gasteiger partial charge on any atom is -0.302 e. The molecule has 0 aliphatic heterocycles. The van der Waals surface area contributed by atoms with E-state index in [-0.39, 0.29) is 0 Å². The quantitative estimate of drug-likeness (QED) is 0.478. The summed E-state index contributed by atoms with van der Waals surface area (Å²) >= 11 is 19.8. The number of nitrogens with zero attached hydrogens (tertiary/aromatic N) is 3. The molecule has 124 valence electrons. The number of halogens is 3. The van der Waals surface area contributed by atoms with Gasteiger partial charge in [0, 0.05) is 22.9 Å². The zero-order valence-electron chi connectivity index (χ0n) is 12.8. The second-order valence-electron chi connectivity index (χ2n) is 5.10. The molecular formula is C17H14Cl3N3S. The van der Waals surface area contributed by atoms with Gasteiger partial charge in [-0.15, -0.1) is 10.2 Å². The van der Waals surface area contributed by atoms with Gasteiger partial charge in [-0.05, 0) is 42.8 Å². The van der Waals surface area contributed by atoms with E-state index in [4.69, 9.17) is 34.8 Å². The van der Waals surface area contributed by atoms with E-state index in [2.05, 4.69) is 21.7 Å². The van der Waals surface area contributed by atoms with Gasteiger partial charge in [-0.3, -0.25) is 0 Å². The summed E-state index contributed by atoms with van der Waals surface area (Å²) in [6.07, 6.45) is 0. The van der Waals surface area contributed by atoms with Crippen LogP contribution < -0.4 is 0 Å². The van der Waals surface area contributed by atoms with Crippen molar-refractivity contribution in [2.45, 2.75) is 24.4 Å². The van der Waals surface area contributed by atoms with E-state index in [0.717, 1.165) is 39.4 Å². The van der Waals surface area contributed by atoms with Crippen molar-refractivity contribution in [1.29, 1.82) is 0 Å². The number of hydrogen-bond donors (Lipinski definition) is 0. The highest BCUT2D eigenvalue weighted by atomic mass is 35.5. The maximum atomic E-state index is 6.11. The fraction of sp³-hybridized carbons (Fsp3) is 0.176. The highest BCUT2D eigenvalue weighted by Gasteiger charge is 2.14. The first kappa shape index (κ1) is 17.6. The van der Waals surface area contributed by atoms with E-state index in [1.165, 1.54) is 0 Å². The molecule has 1 heterocycles. The van der Waals surface area contributed by atoms with Gasteiger partial charge in [0.15, 0.2) is 11.0 Å². The summed E-state index contributed by atoms with van der Waals surface area (Å²) in [6.45, 7) is 2.83. The zero-order chi connectivity index (χ0) is 17.1. The van der Waals surface area contributed by atoms with Crippen molar-refractivity contribution >= 4 is 46.6 Å². The molecule has 3 rings (SSSR count). The Hall–Kier alpha value is -1.20. The molecule has 2 aromatic carbocycles. The Bertz CT molecular complexity index is 864. The lowest BCUT2D eigenvalue weighted by Gasteiger charge is -2.08. The number of thioether (sulfide) groups is 1. The van der Waals surface area contributed by atoms with E-state index < -0.39 is 0 Å². The molecular weight excluding hydrogens is 385 g/mol. The van der Waals surface area contributed by atoms with Crippen molar-refractivity contribution in [2.75, 3.05) is 0 Å². The molecule has 0 saturated carbocycles. The average Bonchev–Trinajstić information content (AvgIpc) is 2.98. The molecule has 0 aliphatic rings. The minimum atomic E-state index is 0.507. The predicted octanol–water partition coefficient (Wildman–Crippen LogP) is 6.22. The first-order valence-corrected chi connectivity index (χ1v) is 9.46. The van der Waals surface area contributed by atoms with Crippen LogP contribution in [0.4, 0.5) is 0 Å². The first-order valence-electron chi connectivity index (χ1n) is 7.34. The lowest BCUT2D eigenvalue weighted by atomic mass is 10.2. The smallest absolute Gasteiger partial charge is 0.191 e. The molecule has 0 N–H and O–H groups in total. The molecule has 0 fully saturated rings. The van der Waals surface area contributed by atoms with E-state index in [1.807, 2.05) is 36.4 Å². The van der Waals surface area contributed by atoms with Gasteiger partial charge >= 0.3 is 0 Å². The van der Waals surface area contributed by atoms with Crippen molar-refractivity contribution in [3.8, 4) is 11.4 Å².